The third-order valence-corrected chi connectivity index (χ3v) is 5.49. The molecule has 0 N–H and O–H groups in total. The molecule has 3 aromatic carbocycles. The normalized spacial score (nSPS) is 25.8. The molecule has 3 aromatic rings. The van der Waals surface area contributed by atoms with E-state index in [2.05, 4.69) is 74.5 Å². The summed E-state index contributed by atoms with van der Waals surface area (Å²) in [7, 11) is -0.400. The minimum atomic E-state index is -0.444. The number of hydrogen-bond acceptors (Lipinski definition) is 2. The topological polar surface area (TPSA) is 18.5 Å². The van der Waals surface area contributed by atoms with Crippen LogP contribution in [0.2, 0.25) is 0 Å². The molecule has 0 saturated carbocycles. The molecule has 0 aromatic heterocycles. The molecule has 1 saturated heterocycles. The van der Waals surface area contributed by atoms with Crippen molar-refractivity contribution in [2.24, 2.45) is 5.92 Å². The Balaban J connectivity index is 1.78. The first-order valence-electron chi connectivity index (χ1n) is 9.17. The Hall–Kier alpha value is -2.36. The van der Waals surface area contributed by atoms with Crippen molar-refractivity contribution in [3.8, 4) is 0 Å². The minimum Gasteiger partial charge on any atom is -0.400 e. The molecule has 0 bridgehead atoms. The van der Waals surface area contributed by atoms with Crippen LogP contribution in [0.25, 0.3) is 0 Å². The van der Waals surface area contributed by atoms with Gasteiger partial charge in [0.1, 0.15) is 0 Å². The van der Waals surface area contributed by atoms with E-state index in [0.29, 0.717) is 0 Å². The third-order valence-electron chi connectivity index (χ3n) is 5.49. The van der Waals surface area contributed by atoms with Gasteiger partial charge in [-0.3, -0.25) is 0 Å². The van der Waals surface area contributed by atoms with Gasteiger partial charge in [0.05, 0.1) is 11.7 Å². The maximum absolute atomic E-state index is 6.59. The van der Waals surface area contributed by atoms with Crippen LogP contribution < -0.4 is 5.46 Å². The van der Waals surface area contributed by atoms with Crippen LogP contribution in [0, 0.1) is 5.92 Å². The van der Waals surface area contributed by atoms with Gasteiger partial charge in [0.2, 0.25) is 0 Å². The highest BCUT2D eigenvalue weighted by Gasteiger charge is 2.49. The Morgan fingerprint density at radius 3 is 1.92 bits per heavy atom. The first kappa shape index (κ1) is 17.1. The molecule has 2 nitrogen and oxygen atoms in total. The van der Waals surface area contributed by atoms with Gasteiger partial charge in [-0.05, 0) is 23.5 Å². The molecule has 3 atom stereocenters. The number of hydrogen-bond donors (Lipinski definition) is 0. The summed E-state index contributed by atoms with van der Waals surface area (Å²) in [6.45, 7) is 4.40. The van der Waals surface area contributed by atoms with Crippen molar-refractivity contribution in [2.75, 3.05) is 0 Å². The Morgan fingerprint density at radius 1 is 0.769 bits per heavy atom. The van der Waals surface area contributed by atoms with Crippen LogP contribution in [0.5, 0.6) is 0 Å². The van der Waals surface area contributed by atoms with Gasteiger partial charge in [0, 0.05) is 5.92 Å². The molecule has 1 aliphatic rings. The van der Waals surface area contributed by atoms with Gasteiger partial charge in [-0.15, -0.1) is 0 Å². The van der Waals surface area contributed by atoms with E-state index < -0.39 is 12.7 Å². The highest BCUT2D eigenvalue weighted by molar-refractivity contribution is 6.61. The average molecular weight is 342 g/mol. The van der Waals surface area contributed by atoms with E-state index in [9.17, 15) is 0 Å². The standard InChI is InChI=1S/C23H23BO2/c1-18-22(19-12-6-3-7-13-19)25-24(21-16-10-5-11-17-21)26-23(18,2)20-14-8-4-9-15-20/h3-18,22H,1-2H3/t18-,22-,23+/m0/s1. The summed E-state index contributed by atoms with van der Waals surface area (Å²) in [5, 5.41) is 0. The van der Waals surface area contributed by atoms with E-state index in [-0.39, 0.29) is 12.0 Å². The zero-order valence-electron chi connectivity index (χ0n) is 15.2. The van der Waals surface area contributed by atoms with Crippen molar-refractivity contribution in [3.63, 3.8) is 0 Å². The van der Waals surface area contributed by atoms with Crippen molar-refractivity contribution >= 4 is 12.6 Å². The fourth-order valence-corrected chi connectivity index (χ4v) is 3.76. The van der Waals surface area contributed by atoms with Crippen molar-refractivity contribution in [2.45, 2.75) is 25.6 Å². The monoisotopic (exact) mass is 342 g/mol. The quantitative estimate of drug-likeness (QED) is 0.641. The molecular weight excluding hydrogens is 319 g/mol. The highest BCUT2D eigenvalue weighted by Crippen LogP contribution is 2.46. The average Bonchev–Trinajstić information content (AvgIpc) is 2.72. The van der Waals surface area contributed by atoms with Gasteiger partial charge in [-0.1, -0.05) is 97.9 Å². The summed E-state index contributed by atoms with van der Waals surface area (Å²) in [5.41, 5.74) is 2.96. The summed E-state index contributed by atoms with van der Waals surface area (Å²) in [4.78, 5) is 0. The lowest BCUT2D eigenvalue weighted by Gasteiger charge is -2.47. The van der Waals surface area contributed by atoms with Crippen LogP contribution in [0.4, 0.5) is 0 Å². The van der Waals surface area contributed by atoms with E-state index in [1.54, 1.807) is 0 Å². The molecule has 130 valence electrons. The molecule has 0 aliphatic carbocycles. The van der Waals surface area contributed by atoms with Crippen LogP contribution in [0.15, 0.2) is 91.0 Å². The minimum absolute atomic E-state index is 0.0413. The number of rotatable bonds is 3. The molecule has 3 heteroatoms. The lowest BCUT2D eigenvalue weighted by molar-refractivity contribution is -0.0969. The third kappa shape index (κ3) is 3.09. The van der Waals surface area contributed by atoms with Crippen LogP contribution in [-0.2, 0) is 14.9 Å². The molecule has 0 amide bonds. The Labute approximate surface area is 155 Å². The smallest absolute Gasteiger partial charge is 0.400 e. The van der Waals surface area contributed by atoms with E-state index in [0.717, 1.165) is 5.46 Å². The maximum Gasteiger partial charge on any atom is 0.494 e. The molecule has 26 heavy (non-hydrogen) atoms. The molecule has 1 fully saturated rings. The van der Waals surface area contributed by atoms with Crippen molar-refractivity contribution in [1.82, 2.24) is 0 Å². The summed E-state index contributed by atoms with van der Waals surface area (Å²) in [5.74, 6) is 0.160. The van der Waals surface area contributed by atoms with Gasteiger partial charge in [-0.2, -0.15) is 0 Å². The van der Waals surface area contributed by atoms with E-state index in [1.807, 2.05) is 30.3 Å². The lowest BCUT2D eigenvalue weighted by Crippen LogP contribution is -2.54. The van der Waals surface area contributed by atoms with Crippen molar-refractivity contribution < 1.29 is 9.31 Å². The second-order valence-electron chi connectivity index (χ2n) is 7.09. The molecule has 0 spiro atoms. The fraction of sp³-hybridized carbons (Fsp3) is 0.217. The van der Waals surface area contributed by atoms with Crippen molar-refractivity contribution in [3.05, 3.63) is 102 Å². The Kier molecular flexibility index (Phi) is 4.67. The van der Waals surface area contributed by atoms with Crippen LogP contribution in [0.3, 0.4) is 0 Å². The lowest BCUT2D eigenvalue weighted by atomic mass is 9.69. The Morgan fingerprint density at radius 2 is 1.31 bits per heavy atom. The highest BCUT2D eigenvalue weighted by atomic mass is 16.6. The first-order valence-corrected chi connectivity index (χ1v) is 9.17. The SMILES string of the molecule is C[C@H]1[C@@H](c2ccccc2)OB(c2ccccc2)O[C@@]1(C)c1ccccc1. The van der Waals surface area contributed by atoms with E-state index in [4.69, 9.17) is 9.31 Å². The second-order valence-corrected chi connectivity index (χ2v) is 7.09. The molecule has 1 heterocycles. The second kappa shape index (κ2) is 7.10. The summed E-state index contributed by atoms with van der Waals surface area (Å²) in [6, 6.07) is 31.1. The summed E-state index contributed by atoms with van der Waals surface area (Å²) >= 11 is 0. The molecule has 0 radical (unpaired) electrons. The zero-order valence-corrected chi connectivity index (χ0v) is 15.2. The molecule has 1 aliphatic heterocycles. The zero-order chi connectivity index (χ0) is 18.0. The molecule has 0 unspecified atom stereocenters. The summed E-state index contributed by atoms with van der Waals surface area (Å²) in [6.07, 6.45) is -0.0413. The summed E-state index contributed by atoms with van der Waals surface area (Å²) < 4.78 is 13.1. The van der Waals surface area contributed by atoms with Crippen molar-refractivity contribution in [1.29, 1.82) is 0 Å². The van der Waals surface area contributed by atoms with Gasteiger partial charge >= 0.3 is 7.12 Å². The molecule has 4 rings (SSSR count). The van der Waals surface area contributed by atoms with E-state index >= 15 is 0 Å². The predicted molar refractivity (Wildman–Crippen MR) is 106 cm³/mol. The fourth-order valence-electron chi connectivity index (χ4n) is 3.76. The predicted octanol–water partition coefficient (Wildman–Crippen LogP) is 4.72. The first-order chi connectivity index (χ1) is 12.7. The maximum atomic E-state index is 6.59. The van der Waals surface area contributed by atoms with Gasteiger partial charge in [0.15, 0.2) is 0 Å². The van der Waals surface area contributed by atoms with E-state index in [1.165, 1.54) is 11.1 Å². The van der Waals surface area contributed by atoms with Gasteiger partial charge in [-0.25, -0.2) is 0 Å². The molecular formula is C23H23BO2. The largest absolute Gasteiger partial charge is 0.494 e. The van der Waals surface area contributed by atoms with Gasteiger partial charge < -0.3 is 9.31 Å². The Bertz CT molecular complexity index is 838. The van der Waals surface area contributed by atoms with Gasteiger partial charge in [0.25, 0.3) is 0 Å². The van der Waals surface area contributed by atoms with Crippen LogP contribution in [-0.4, -0.2) is 7.12 Å². The van der Waals surface area contributed by atoms with Crippen LogP contribution in [0.1, 0.15) is 31.1 Å². The van der Waals surface area contributed by atoms with Crippen LogP contribution >= 0.6 is 0 Å². The number of benzene rings is 3.